The Bertz CT molecular complexity index is 849. The van der Waals surface area contributed by atoms with Crippen molar-refractivity contribution >= 4 is 23.2 Å². The van der Waals surface area contributed by atoms with Gasteiger partial charge in [-0.05, 0) is 74.2 Å². The molecule has 3 N–H and O–H groups in total. The van der Waals surface area contributed by atoms with Crippen LogP contribution in [0.3, 0.4) is 0 Å². The van der Waals surface area contributed by atoms with Crippen molar-refractivity contribution < 1.29 is 9.59 Å². The number of amides is 2. The van der Waals surface area contributed by atoms with Gasteiger partial charge in [-0.25, -0.2) is 0 Å². The third-order valence-electron chi connectivity index (χ3n) is 6.10. The number of nitrogens with zero attached hydrogens (tertiary/aromatic N) is 3. The van der Waals surface area contributed by atoms with Gasteiger partial charge in [-0.15, -0.1) is 0 Å². The fourth-order valence-corrected chi connectivity index (χ4v) is 4.94. The van der Waals surface area contributed by atoms with Gasteiger partial charge in [0, 0.05) is 37.9 Å². The van der Waals surface area contributed by atoms with Crippen molar-refractivity contribution in [1.82, 2.24) is 20.1 Å². The number of nitrogens with two attached hydrogens (primary N) is 1. The molecule has 1 saturated heterocycles. The predicted molar refractivity (Wildman–Crippen MR) is 124 cm³/mol. The zero-order valence-corrected chi connectivity index (χ0v) is 19.2. The van der Waals surface area contributed by atoms with E-state index in [0.717, 1.165) is 44.5 Å². The summed E-state index contributed by atoms with van der Waals surface area (Å²) in [6, 6.07) is 6.22. The van der Waals surface area contributed by atoms with Crippen molar-refractivity contribution in [1.29, 1.82) is 0 Å². The molecule has 0 bridgehead atoms. The van der Waals surface area contributed by atoms with Crippen LogP contribution >= 0.6 is 11.3 Å². The van der Waals surface area contributed by atoms with Crippen molar-refractivity contribution in [3.05, 3.63) is 52.0 Å². The monoisotopic (exact) mass is 443 g/mol. The van der Waals surface area contributed by atoms with Gasteiger partial charge in [0.15, 0.2) is 0 Å². The molecule has 31 heavy (non-hydrogen) atoms. The van der Waals surface area contributed by atoms with E-state index in [1.165, 1.54) is 5.56 Å². The lowest BCUT2D eigenvalue weighted by molar-refractivity contribution is -0.134. The maximum Gasteiger partial charge on any atom is 0.250 e. The molecule has 0 aliphatic carbocycles. The summed E-state index contributed by atoms with van der Waals surface area (Å²) >= 11 is 1.67. The number of hydrogen-bond acceptors (Lipinski definition) is 6. The summed E-state index contributed by atoms with van der Waals surface area (Å²) in [4.78, 5) is 33.2. The van der Waals surface area contributed by atoms with Crippen molar-refractivity contribution in [3.63, 3.8) is 0 Å². The molecule has 0 aromatic carbocycles. The fourth-order valence-electron chi connectivity index (χ4n) is 4.28. The van der Waals surface area contributed by atoms with Crippen LogP contribution in [0.5, 0.6) is 0 Å². The number of likely N-dealkylation sites (tertiary alicyclic amines) is 1. The van der Waals surface area contributed by atoms with Gasteiger partial charge in [0.25, 0.3) is 5.91 Å². The van der Waals surface area contributed by atoms with Gasteiger partial charge in [-0.2, -0.15) is 11.3 Å². The highest BCUT2D eigenvalue weighted by Crippen LogP contribution is 2.23. The van der Waals surface area contributed by atoms with Crippen LogP contribution in [0, 0.1) is 0 Å². The number of carbonyl (C=O) groups is 2. The first-order valence-electron chi connectivity index (χ1n) is 10.9. The Balaban J connectivity index is 1.54. The molecular weight excluding hydrogens is 410 g/mol. The number of aryl methyl sites for hydroxylation is 1. The first-order valence-corrected chi connectivity index (χ1v) is 11.9. The summed E-state index contributed by atoms with van der Waals surface area (Å²) in [7, 11) is 1.82. The molecule has 8 heteroatoms. The maximum absolute atomic E-state index is 12.7. The molecule has 2 aromatic rings. The molecular formula is C23H33N5O2S. The largest absolute Gasteiger partial charge is 0.366 e. The fraction of sp³-hybridized carbons (Fsp3) is 0.522. The SMILES string of the molecule is CNCC(=O)N(Cc1ccsc1)C1CCN([C@H](C)CCc2ncccc2C(N)=O)CC1. The van der Waals surface area contributed by atoms with Crippen molar-refractivity contribution in [2.24, 2.45) is 5.73 Å². The predicted octanol–water partition coefficient (Wildman–Crippen LogP) is 2.28. The topological polar surface area (TPSA) is 91.6 Å². The average Bonchev–Trinajstić information content (AvgIpc) is 3.29. The molecule has 2 amide bonds. The summed E-state index contributed by atoms with van der Waals surface area (Å²) in [6.45, 7) is 5.20. The molecule has 0 saturated carbocycles. The van der Waals surface area contributed by atoms with Crippen LogP contribution in [0.25, 0.3) is 0 Å². The molecule has 3 heterocycles. The van der Waals surface area contributed by atoms with E-state index < -0.39 is 5.91 Å². The van der Waals surface area contributed by atoms with Gasteiger partial charge in [0.05, 0.1) is 17.8 Å². The summed E-state index contributed by atoms with van der Waals surface area (Å²) in [5, 5.41) is 7.18. The van der Waals surface area contributed by atoms with E-state index in [1.807, 2.05) is 11.9 Å². The standard InChI is InChI=1S/C23H33N5O2S/c1-17(5-6-21-20(23(24)30)4-3-10-26-21)27-11-7-19(8-12-27)28(22(29)14-25-2)15-18-9-13-31-16-18/h3-4,9-10,13,16-17,19,25H,5-8,11-12,14-15H2,1-2H3,(H2,24,30)/t17-/m1/s1. The van der Waals surface area contributed by atoms with Crippen LogP contribution in [0.4, 0.5) is 0 Å². The number of likely N-dealkylation sites (N-methyl/N-ethyl adjacent to an activating group) is 1. The molecule has 1 aliphatic rings. The van der Waals surface area contributed by atoms with E-state index in [2.05, 4.69) is 39.0 Å². The number of thiophene rings is 1. The third kappa shape index (κ3) is 6.35. The molecule has 168 valence electrons. The summed E-state index contributed by atoms with van der Waals surface area (Å²) in [6.07, 6.45) is 5.30. The second-order valence-corrected chi connectivity index (χ2v) is 8.98. The lowest BCUT2D eigenvalue weighted by atomic mass is 9.98. The Kier molecular flexibility index (Phi) is 8.57. The van der Waals surface area contributed by atoms with E-state index >= 15 is 0 Å². The second-order valence-electron chi connectivity index (χ2n) is 8.20. The number of primary amides is 1. The second kappa shape index (κ2) is 11.4. The van der Waals surface area contributed by atoms with Crippen molar-refractivity contribution in [2.45, 2.75) is 51.2 Å². The Hall–Kier alpha value is -2.29. The molecule has 0 radical (unpaired) electrons. The summed E-state index contributed by atoms with van der Waals surface area (Å²) < 4.78 is 0. The minimum atomic E-state index is -0.423. The van der Waals surface area contributed by atoms with Gasteiger partial charge in [-0.3, -0.25) is 14.6 Å². The zero-order chi connectivity index (χ0) is 22.2. The molecule has 1 atom stereocenters. The number of rotatable bonds is 10. The van der Waals surface area contributed by atoms with Crippen LogP contribution in [-0.2, 0) is 17.8 Å². The Labute approximate surface area is 188 Å². The van der Waals surface area contributed by atoms with Gasteiger partial charge in [-0.1, -0.05) is 0 Å². The number of aromatic nitrogens is 1. The zero-order valence-electron chi connectivity index (χ0n) is 18.4. The smallest absolute Gasteiger partial charge is 0.250 e. The van der Waals surface area contributed by atoms with Crippen LogP contribution in [0.15, 0.2) is 35.2 Å². The average molecular weight is 444 g/mol. The van der Waals surface area contributed by atoms with Crippen molar-refractivity contribution in [2.75, 3.05) is 26.7 Å². The summed E-state index contributed by atoms with van der Waals surface area (Å²) in [5.74, 6) is -0.261. The minimum Gasteiger partial charge on any atom is -0.366 e. The van der Waals surface area contributed by atoms with E-state index in [9.17, 15) is 9.59 Å². The van der Waals surface area contributed by atoms with E-state index in [-0.39, 0.29) is 11.9 Å². The molecule has 1 aliphatic heterocycles. The van der Waals surface area contributed by atoms with Crippen LogP contribution in [-0.4, -0.2) is 65.4 Å². The molecule has 7 nitrogen and oxygen atoms in total. The number of pyridine rings is 1. The Morgan fingerprint density at radius 2 is 2.13 bits per heavy atom. The number of piperidine rings is 1. The highest BCUT2D eigenvalue weighted by atomic mass is 32.1. The number of carbonyl (C=O) groups excluding carboxylic acids is 2. The van der Waals surface area contributed by atoms with Crippen LogP contribution in [0.1, 0.15) is 47.8 Å². The number of hydrogen-bond donors (Lipinski definition) is 2. The number of nitrogens with one attached hydrogen (secondary N) is 1. The maximum atomic E-state index is 12.7. The molecule has 0 spiro atoms. The minimum absolute atomic E-state index is 0.161. The quantitative estimate of drug-likeness (QED) is 0.588. The lowest BCUT2D eigenvalue weighted by Crippen LogP contribution is -2.50. The first kappa shape index (κ1) is 23.4. The molecule has 3 rings (SSSR count). The van der Waals surface area contributed by atoms with Gasteiger partial charge < -0.3 is 20.9 Å². The van der Waals surface area contributed by atoms with Crippen LogP contribution < -0.4 is 11.1 Å². The van der Waals surface area contributed by atoms with Crippen LogP contribution in [0.2, 0.25) is 0 Å². The molecule has 2 aromatic heterocycles. The van der Waals surface area contributed by atoms with E-state index in [1.54, 1.807) is 29.7 Å². The first-order chi connectivity index (χ1) is 15.0. The van der Waals surface area contributed by atoms with Gasteiger partial charge in [0.1, 0.15) is 0 Å². The van der Waals surface area contributed by atoms with Crippen molar-refractivity contribution in [3.8, 4) is 0 Å². The van der Waals surface area contributed by atoms with Gasteiger partial charge >= 0.3 is 0 Å². The highest BCUT2D eigenvalue weighted by Gasteiger charge is 2.29. The Morgan fingerprint density at radius 1 is 1.35 bits per heavy atom. The third-order valence-corrected chi connectivity index (χ3v) is 6.83. The lowest BCUT2D eigenvalue weighted by Gasteiger charge is -2.41. The highest BCUT2D eigenvalue weighted by molar-refractivity contribution is 7.07. The molecule has 0 unspecified atom stereocenters. The Morgan fingerprint density at radius 3 is 2.77 bits per heavy atom. The normalized spacial score (nSPS) is 16.2. The summed E-state index contributed by atoms with van der Waals surface area (Å²) in [5.41, 5.74) is 7.96. The molecule has 1 fully saturated rings. The van der Waals surface area contributed by atoms with E-state index in [0.29, 0.717) is 24.7 Å². The van der Waals surface area contributed by atoms with E-state index in [4.69, 9.17) is 5.73 Å². The van der Waals surface area contributed by atoms with Gasteiger partial charge in [0.2, 0.25) is 5.91 Å².